The van der Waals surface area contributed by atoms with Crippen LogP contribution in [0.4, 0.5) is 11.4 Å². The van der Waals surface area contributed by atoms with Gasteiger partial charge in [-0.1, -0.05) is 0 Å². The van der Waals surface area contributed by atoms with Gasteiger partial charge in [-0.15, -0.1) is 0 Å². The summed E-state index contributed by atoms with van der Waals surface area (Å²) in [6.45, 7) is 2.19. The van der Waals surface area contributed by atoms with Crippen molar-refractivity contribution in [1.29, 1.82) is 0 Å². The molecular formula is C19H20N6O3S. The van der Waals surface area contributed by atoms with Crippen LogP contribution in [-0.2, 0) is 21.4 Å². The van der Waals surface area contributed by atoms with Gasteiger partial charge in [0.2, 0.25) is 15.9 Å². The summed E-state index contributed by atoms with van der Waals surface area (Å²) in [7, 11) is -3.79. The number of carbonyl (C=O) groups excluding carboxylic acids is 1. The molecule has 0 aliphatic heterocycles. The lowest BCUT2D eigenvalue weighted by atomic mass is 10.2. The summed E-state index contributed by atoms with van der Waals surface area (Å²) in [5.74, 6) is 0.0343. The van der Waals surface area contributed by atoms with Crippen LogP contribution in [0.15, 0.2) is 41.6 Å². The number of pyridine rings is 3. The Bertz CT molecular complexity index is 1190. The number of primary sulfonamides is 1. The zero-order chi connectivity index (χ0) is 20.6. The number of nitrogens with two attached hydrogens (primary N) is 1. The first kappa shape index (κ1) is 19.2. The van der Waals surface area contributed by atoms with Crippen molar-refractivity contribution in [2.24, 2.45) is 11.1 Å². The number of hydrogen-bond acceptors (Lipinski definition) is 7. The third-order valence-electron chi connectivity index (χ3n) is 4.65. The van der Waals surface area contributed by atoms with Crippen LogP contribution in [0, 0.1) is 12.8 Å². The van der Waals surface area contributed by atoms with E-state index in [0.29, 0.717) is 29.3 Å². The van der Waals surface area contributed by atoms with Gasteiger partial charge in [-0.3, -0.25) is 9.78 Å². The van der Waals surface area contributed by atoms with Crippen LogP contribution in [0.2, 0.25) is 0 Å². The lowest BCUT2D eigenvalue weighted by Crippen LogP contribution is -2.16. The van der Waals surface area contributed by atoms with Gasteiger partial charge in [0.05, 0.1) is 29.8 Å². The quantitative estimate of drug-likeness (QED) is 0.562. The molecule has 0 radical (unpaired) electrons. The highest BCUT2D eigenvalue weighted by Gasteiger charge is 2.30. The van der Waals surface area contributed by atoms with Crippen molar-refractivity contribution in [1.82, 2.24) is 15.0 Å². The van der Waals surface area contributed by atoms with Crippen molar-refractivity contribution in [3.05, 3.63) is 48.0 Å². The van der Waals surface area contributed by atoms with Crippen LogP contribution >= 0.6 is 0 Å². The minimum Gasteiger partial charge on any atom is -0.377 e. The maximum absolute atomic E-state index is 12.3. The average Bonchev–Trinajstić information content (AvgIpc) is 3.52. The fourth-order valence-corrected chi connectivity index (χ4v) is 3.36. The standard InChI is InChI=1S/C19H20N6O3S/c1-11-2-7-15-17(22-8-13-5-6-14(9-21-13)29(20,27)28)16(10-23-18(15)24-11)25-19(26)12-3-4-12/h2,5-7,9-10,12H,3-4,8H2,1H3,(H,25,26)(H2,20,27,28)(H,22,23,24). The maximum Gasteiger partial charge on any atom is 0.239 e. The van der Waals surface area contributed by atoms with Crippen molar-refractivity contribution >= 4 is 38.3 Å². The van der Waals surface area contributed by atoms with Gasteiger partial charge in [0, 0.05) is 23.2 Å². The maximum atomic E-state index is 12.3. The highest BCUT2D eigenvalue weighted by Crippen LogP contribution is 2.34. The number of aromatic nitrogens is 3. The molecule has 3 aromatic rings. The van der Waals surface area contributed by atoms with E-state index in [0.717, 1.165) is 23.9 Å². The largest absolute Gasteiger partial charge is 0.377 e. The molecule has 0 unspecified atom stereocenters. The Labute approximate surface area is 167 Å². The fraction of sp³-hybridized carbons (Fsp3) is 0.263. The molecule has 1 fully saturated rings. The lowest BCUT2D eigenvalue weighted by Gasteiger charge is -2.15. The molecule has 0 atom stereocenters. The highest BCUT2D eigenvalue weighted by atomic mass is 32.2. The molecule has 1 aliphatic carbocycles. The van der Waals surface area contributed by atoms with Crippen LogP contribution in [0.3, 0.4) is 0 Å². The molecular weight excluding hydrogens is 392 g/mol. The van der Waals surface area contributed by atoms with E-state index < -0.39 is 10.0 Å². The Morgan fingerprint density at radius 3 is 2.62 bits per heavy atom. The molecule has 0 aromatic carbocycles. The summed E-state index contributed by atoms with van der Waals surface area (Å²) in [6.07, 6.45) is 4.61. The highest BCUT2D eigenvalue weighted by molar-refractivity contribution is 7.89. The summed E-state index contributed by atoms with van der Waals surface area (Å²) in [6, 6.07) is 6.77. The van der Waals surface area contributed by atoms with Crippen LogP contribution in [0.25, 0.3) is 11.0 Å². The summed E-state index contributed by atoms with van der Waals surface area (Å²) in [5, 5.41) is 12.1. The van der Waals surface area contributed by atoms with Crippen LogP contribution < -0.4 is 15.8 Å². The lowest BCUT2D eigenvalue weighted by molar-refractivity contribution is -0.117. The number of rotatable bonds is 6. The molecule has 150 valence electrons. The molecule has 3 heterocycles. The van der Waals surface area contributed by atoms with E-state index in [-0.39, 0.29) is 16.7 Å². The Morgan fingerprint density at radius 1 is 1.17 bits per heavy atom. The zero-order valence-electron chi connectivity index (χ0n) is 15.7. The normalized spacial score (nSPS) is 14.0. The average molecular weight is 412 g/mol. The molecule has 4 N–H and O–H groups in total. The van der Waals surface area contributed by atoms with E-state index in [1.807, 2.05) is 19.1 Å². The minimum atomic E-state index is -3.79. The summed E-state index contributed by atoms with van der Waals surface area (Å²) in [5.41, 5.74) is 3.28. The first-order valence-electron chi connectivity index (χ1n) is 9.10. The van der Waals surface area contributed by atoms with Gasteiger partial charge in [-0.25, -0.2) is 23.5 Å². The number of carbonyl (C=O) groups is 1. The minimum absolute atomic E-state index is 0.0232. The van der Waals surface area contributed by atoms with E-state index in [2.05, 4.69) is 25.6 Å². The van der Waals surface area contributed by atoms with Gasteiger partial charge in [0.25, 0.3) is 0 Å². The number of hydrogen-bond donors (Lipinski definition) is 3. The van der Waals surface area contributed by atoms with Crippen molar-refractivity contribution < 1.29 is 13.2 Å². The Kier molecular flexibility index (Phi) is 4.89. The molecule has 9 nitrogen and oxygen atoms in total. The number of aryl methyl sites for hydroxylation is 1. The van der Waals surface area contributed by atoms with E-state index in [1.165, 1.54) is 12.3 Å². The third kappa shape index (κ3) is 4.33. The van der Waals surface area contributed by atoms with E-state index in [9.17, 15) is 13.2 Å². The van der Waals surface area contributed by atoms with Crippen molar-refractivity contribution in [3.63, 3.8) is 0 Å². The van der Waals surface area contributed by atoms with Crippen molar-refractivity contribution in [2.45, 2.75) is 31.2 Å². The number of fused-ring (bicyclic) bond motifs is 1. The smallest absolute Gasteiger partial charge is 0.239 e. The molecule has 4 rings (SSSR count). The number of anilines is 2. The first-order valence-corrected chi connectivity index (χ1v) is 10.6. The van der Waals surface area contributed by atoms with Gasteiger partial charge < -0.3 is 10.6 Å². The predicted molar refractivity (Wildman–Crippen MR) is 109 cm³/mol. The zero-order valence-corrected chi connectivity index (χ0v) is 16.5. The second-order valence-electron chi connectivity index (χ2n) is 7.02. The first-order chi connectivity index (χ1) is 13.8. The summed E-state index contributed by atoms with van der Waals surface area (Å²) < 4.78 is 22.7. The van der Waals surface area contributed by atoms with E-state index >= 15 is 0 Å². The Morgan fingerprint density at radius 2 is 1.97 bits per heavy atom. The van der Waals surface area contributed by atoms with Gasteiger partial charge in [0.1, 0.15) is 4.90 Å². The van der Waals surface area contributed by atoms with Crippen LogP contribution in [0.5, 0.6) is 0 Å². The number of nitrogens with zero attached hydrogens (tertiary/aromatic N) is 3. The molecule has 10 heteroatoms. The van der Waals surface area contributed by atoms with Crippen LogP contribution in [-0.4, -0.2) is 29.3 Å². The summed E-state index contributed by atoms with van der Waals surface area (Å²) in [4.78, 5) is 25.2. The number of nitrogens with one attached hydrogen (secondary N) is 2. The van der Waals surface area contributed by atoms with E-state index in [4.69, 9.17) is 5.14 Å². The second kappa shape index (κ2) is 7.37. The van der Waals surface area contributed by atoms with Crippen molar-refractivity contribution in [3.8, 4) is 0 Å². The second-order valence-corrected chi connectivity index (χ2v) is 8.58. The molecule has 0 spiro atoms. The van der Waals surface area contributed by atoms with E-state index in [1.54, 1.807) is 12.3 Å². The Balaban J connectivity index is 1.63. The third-order valence-corrected chi connectivity index (χ3v) is 5.55. The molecule has 29 heavy (non-hydrogen) atoms. The Hall–Kier alpha value is -3.11. The fourth-order valence-electron chi connectivity index (χ4n) is 2.90. The molecule has 1 aliphatic rings. The van der Waals surface area contributed by atoms with Gasteiger partial charge in [0.15, 0.2) is 5.65 Å². The van der Waals surface area contributed by atoms with Crippen molar-refractivity contribution in [2.75, 3.05) is 10.6 Å². The molecule has 0 saturated heterocycles. The van der Waals surface area contributed by atoms with Gasteiger partial charge in [-0.05, 0) is 44.0 Å². The molecule has 1 amide bonds. The SMILES string of the molecule is Cc1ccc2c(NCc3ccc(S(N)(=O)=O)cn3)c(NC(=O)C3CC3)cnc2n1. The monoisotopic (exact) mass is 412 g/mol. The molecule has 1 saturated carbocycles. The number of sulfonamides is 1. The predicted octanol–water partition coefficient (Wildman–Crippen LogP) is 1.94. The number of amides is 1. The van der Waals surface area contributed by atoms with Gasteiger partial charge >= 0.3 is 0 Å². The summed E-state index contributed by atoms with van der Waals surface area (Å²) >= 11 is 0. The molecule has 3 aromatic heterocycles. The molecule has 0 bridgehead atoms. The van der Waals surface area contributed by atoms with Gasteiger partial charge in [-0.2, -0.15) is 0 Å². The topological polar surface area (TPSA) is 140 Å². The van der Waals surface area contributed by atoms with Crippen LogP contribution in [0.1, 0.15) is 24.2 Å².